The third-order valence-corrected chi connectivity index (χ3v) is 6.02. The predicted molar refractivity (Wildman–Crippen MR) is 123 cm³/mol. The number of hydrogen-bond donors (Lipinski definition) is 1. The number of carbonyl (C=O) groups is 2. The molecule has 1 unspecified atom stereocenters. The number of ketones is 1. The first kappa shape index (κ1) is 23.1. The Kier molecular flexibility index (Phi) is 6.16. The van der Waals surface area contributed by atoms with Gasteiger partial charge in [0.25, 0.3) is 17.4 Å². The Hall–Kier alpha value is -4.05. The molecule has 2 aromatic heterocycles. The molecule has 1 fully saturated rings. The minimum atomic E-state index is -0.914. The Labute approximate surface area is 195 Å². The number of nitro benzene ring substituents is 1. The third kappa shape index (κ3) is 3.81. The lowest BCUT2D eigenvalue weighted by Gasteiger charge is -2.25. The van der Waals surface area contributed by atoms with Gasteiger partial charge in [-0.2, -0.15) is 0 Å². The van der Waals surface area contributed by atoms with Gasteiger partial charge in [0.15, 0.2) is 5.76 Å². The van der Waals surface area contributed by atoms with Crippen molar-refractivity contribution < 1.29 is 24.4 Å². The molecule has 34 heavy (non-hydrogen) atoms. The Morgan fingerprint density at radius 2 is 1.91 bits per heavy atom. The predicted octanol–water partition coefficient (Wildman–Crippen LogP) is 3.32. The molecule has 0 spiro atoms. The fourth-order valence-corrected chi connectivity index (χ4v) is 4.29. The second-order valence-corrected chi connectivity index (χ2v) is 8.12. The average molecular weight is 464 g/mol. The molecule has 1 aromatic carbocycles. The molecule has 1 atom stereocenters. The summed E-state index contributed by atoms with van der Waals surface area (Å²) >= 11 is 0. The summed E-state index contributed by atoms with van der Waals surface area (Å²) in [5.41, 5.74) is 2.59. The summed E-state index contributed by atoms with van der Waals surface area (Å²) in [6.45, 7) is 4.24. The average Bonchev–Trinajstić information content (AvgIpc) is 3.29. The Bertz CT molecular complexity index is 1330. The first-order valence-electron chi connectivity index (χ1n) is 10.7. The highest BCUT2D eigenvalue weighted by atomic mass is 16.6. The summed E-state index contributed by atoms with van der Waals surface area (Å²) in [5.74, 6) is -1.96. The number of Topliss-reactive ketones (excluding diaryl/α,β-unsaturated/α-hetero) is 1. The number of methoxy groups -OCH3 is 1. The van der Waals surface area contributed by atoms with Crippen molar-refractivity contribution in [2.24, 2.45) is 0 Å². The summed E-state index contributed by atoms with van der Waals surface area (Å²) in [5, 5.41) is 22.4. The number of amides is 1. The second-order valence-electron chi connectivity index (χ2n) is 8.12. The number of nitrogens with zero attached hydrogens (tertiary/aromatic N) is 4. The number of fused-ring (bicyclic) bond motifs is 1. The van der Waals surface area contributed by atoms with Gasteiger partial charge in [-0.25, -0.2) is 4.98 Å². The number of aromatic nitrogens is 2. The zero-order chi connectivity index (χ0) is 24.6. The van der Waals surface area contributed by atoms with E-state index in [4.69, 9.17) is 4.74 Å². The van der Waals surface area contributed by atoms with Crippen LogP contribution in [0.2, 0.25) is 0 Å². The van der Waals surface area contributed by atoms with Crippen LogP contribution in [-0.4, -0.2) is 56.3 Å². The van der Waals surface area contributed by atoms with E-state index in [-0.39, 0.29) is 29.3 Å². The van der Waals surface area contributed by atoms with Gasteiger partial charge < -0.3 is 19.1 Å². The van der Waals surface area contributed by atoms with Crippen LogP contribution >= 0.6 is 0 Å². The van der Waals surface area contributed by atoms with Crippen LogP contribution in [0.3, 0.4) is 0 Å². The first-order valence-corrected chi connectivity index (χ1v) is 10.7. The van der Waals surface area contributed by atoms with Crippen molar-refractivity contribution >= 4 is 28.8 Å². The van der Waals surface area contributed by atoms with Gasteiger partial charge in [0.2, 0.25) is 0 Å². The van der Waals surface area contributed by atoms with Crippen molar-refractivity contribution in [2.75, 3.05) is 20.3 Å². The summed E-state index contributed by atoms with van der Waals surface area (Å²) in [6, 6.07) is 8.43. The highest BCUT2D eigenvalue weighted by Gasteiger charge is 2.46. The van der Waals surface area contributed by atoms with Gasteiger partial charge in [0.1, 0.15) is 11.3 Å². The van der Waals surface area contributed by atoms with E-state index in [2.05, 4.69) is 4.98 Å². The number of nitro groups is 1. The Balaban J connectivity index is 1.89. The van der Waals surface area contributed by atoms with Crippen LogP contribution in [0.15, 0.2) is 48.2 Å². The molecule has 10 heteroatoms. The minimum Gasteiger partial charge on any atom is -0.505 e. The number of likely N-dealkylation sites (tertiary alicyclic amines) is 1. The van der Waals surface area contributed by atoms with E-state index >= 15 is 0 Å². The molecular formula is C24H24N4O6. The number of carbonyl (C=O) groups excluding carboxylic acids is 2. The normalized spacial score (nSPS) is 17.6. The fraction of sp³-hybridized carbons (Fsp3) is 0.292. The standard InChI is InChI=1S/C24H24N4O6/c1-14-6-4-11-26-15(2)19(25-23(14)26)21(29)18-20(16-7-9-17(10-8-16)28(32)33)27(12-5-13-34-3)24(31)22(18)30/h4,6-11,20,29H,5,12-13H2,1-3H3/b21-18+. The number of hydrogen-bond acceptors (Lipinski definition) is 7. The van der Waals surface area contributed by atoms with Crippen molar-refractivity contribution in [1.29, 1.82) is 0 Å². The van der Waals surface area contributed by atoms with Gasteiger partial charge in [-0.15, -0.1) is 0 Å². The molecule has 0 saturated carbocycles. The molecule has 0 radical (unpaired) electrons. The van der Waals surface area contributed by atoms with Gasteiger partial charge in [0.05, 0.1) is 22.2 Å². The smallest absolute Gasteiger partial charge is 0.295 e. The van der Waals surface area contributed by atoms with Gasteiger partial charge >= 0.3 is 0 Å². The van der Waals surface area contributed by atoms with Crippen LogP contribution in [0.4, 0.5) is 5.69 Å². The lowest BCUT2D eigenvalue weighted by Crippen LogP contribution is -2.31. The van der Waals surface area contributed by atoms with Crippen molar-refractivity contribution in [3.63, 3.8) is 0 Å². The minimum absolute atomic E-state index is 0.0968. The van der Waals surface area contributed by atoms with Gasteiger partial charge in [0, 0.05) is 38.6 Å². The molecule has 0 bridgehead atoms. The number of aliphatic hydroxyl groups excluding tert-OH is 1. The summed E-state index contributed by atoms with van der Waals surface area (Å²) in [7, 11) is 1.54. The van der Waals surface area contributed by atoms with E-state index in [9.17, 15) is 24.8 Å². The lowest BCUT2D eigenvalue weighted by molar-refractivity contribution is -0.384. The van der Waals surface area contributed by atoms with Gasteiger partial charge in [-0.05, 0) is 49.6 Å². The van der Waals surface area contributed by atoms with Crippen LogP contribution < -0.4 is 0 Å². The molecule has 3 heterocycles. The maximum absolute atomic E-state index is 13.1. The first-order chi connectivity index (χ1) is 16.3. The topological polar surface area (TPSA) is 127 Å². The number of benzene rings is 1. The number of aryl methyl sites for hydroxylation is 2. The van der Waals surface area contributed by atoms with E-state index in [1.165, 1.54) is 36.3 Å². The molecule has 176 valence electrons. The van der Waals surface area contributed by atoms with Crippen LogP contribution in [0.1, 0.15) is 35.0 Å². The largest absolute Gasteiger partial charge is 0.505 e. The lowest BCUT2D eigenvalue weighted by atomic mass is 9.96. The molecule has 3 aromatic rings. The van der Waals surface area contributed by atoms with E-state index in [0.717, 1.165) is 5.56 Å². The molecule has 1 N–H and O–H groups in total. The Morgan fingerprint density at radius 1 is 1.21 bits per heavy atom. The Morgan fingerprint density at radius 3 is 2.53 bits per heavy atom. The molecule has 4 rings (SSSR count). The van der Waals surface area contributed by atoms with Crippen LogP contribution in [0.25, 0.3) is 11.4 Å². The number of imidazole rings is 1. The second kappa shape index (κ2) is 9.06. The summed E-state index contributed by atoms with van der Waals surface area (Å²) in [6.07, 6.45) is 2.28. The molecule has 10 nitrogen and oxygen atoms in total. The number of aliphatic hydroxyl groups is 1. The SMILES string of the molecule is COCCCN1C(=O)C(=O)/C(=C(/O)c2nc3c(C)cccn3c2C)C1c1ccc([N+](=O)[O-])cc1. The molecular weight excluding hydrogens is 440 g/mol. The van der Waals surface area contributed by atoms with E-state index in [1.54, 1.807) is 17.5 Å². The maximum Gasteiger partial charge on any atom is 0.295 e. The molecule has 1 aliphatic heterocycles. The quantitative estimate of drug-likeness (QED) is 0.142. The highest BCUT2D eigenvalue weighted by Crippen LogP contribution is 2.40. The van der Waals surface area contributed by atoms with Crippen molar-refractivity contribution in [2.45, 2.75) is 26.3 Å². The summed E-state index contributed by atoms with van der Waals surface area (Å²) < 4.78 is 6.88. The maximum atomic E-state index is 13.1. The van der Waals surface area contributed by atoms with E-state index < -0.39 is 22.7 Å². The van der Waals surface area contributed by atoms with Crippen LogP contribution in [0, 0.1) is 24.0 Å². The number of pyridine rings is 1. The molecule has 1 amide bonds. The highest BCUT2D eigenvalue weighted by molar-refractivity contribution is 6.46. The van der Waals surface area contributed by atoms with E-state index in [0.29, 0.717) is 29.9 Å². The van der Waals surface area contributed by atoms with Gasteiger partial charge in [-0.3, -0.25) is 19.7 Å². The number of rotatable bonds is 7. The van der Waals surface area contributed by atoms with Crippen molar-refractivity contribution in [3.8, 4) is 0 Å². The zero-order valence-corrected chi connectivity index (χ0v) is 19.0. The van der Waals surface area contributed by atoms with E-state index in [1.807, 2.05) is 19.1 Å². The molecule has 1 saturated heterocycles. The third-order valence-electron chi connectivity index (χ3n) is 6.02. The van der Waals surface area contributed by atoms with Gasteiger partial charge in [-0.1, -0.05) is 6.07 Å². The monoisotopic (exact) mass is 464 g/mol. The van der Waals surface area contributed by atoms with Crippen LogP contribution in [-0.2, 0) is 14.3 Å². The van der Waals surface area contributed by atoms with Crippen molar-refractivity contribution in [3.05, 3.63) is 80.8 Å². The summed E-state index contributed by atoms with van der Waals surface area (Å²) in [4.78, 5) is 42.6. The number of non-ortho nitro benzene ring substituents is 1. The molecule has 1 aliphatic rings. The fourth-order valence-electron chi connectivity index (χ4n) is 4.29. The number of ether oxygens (including phenoxy) is 1. The van der Waals surface area contributed by atoms with Crippen LogP contribution in [0.5, 0.6) is 0 Å². The molecule has 0 aliphatic carbocycles. The zero-order valence-electron chi connectivity index (χ0n) is 19.0. The van der Waals surface area contributed by atoms with Crippen molar-refractivity contribution in [1.82, 2.24) is 14.3 Å².